The number of non-ortho nitro benzene ring substituents is 1. The van der Waals surface area contributed by atoms with Crippen LogP contribution >= 0.6 is 0 Å². The Hall–Kier alpha value is -2.68. The van der Waals surface area contributed by atoms with E-state index in [2.05, 4.69) is 5.32 Å². The highest BCUT2D eigenvalue weighted by Crippen LogP contribution is 2.31. The molecule has 2 N–H and O–H groups in total. The zero-order valence-corrected chi connectivity index (χ0v) is 15.3. The summed E-state index contributed by atoms with van der Waals surface area (Å²) < 4.78 is 5.07. The van der Waals surface area contributed by atoms with Gasteiger partial charge in [0.2, 0.25) is 5.91 Å². The smallest absolute Gasteiger partial charge is 0.313 e. The monoisotopic (exact) mass is 379 g/mol. The van der Waals surface area contributed by atoms with E-state index in [9.17, 15) is 24.8 Å². The molecule has 1 amide bonds. The van der Waals surface area contributed by atoms with Gasteiger partial charge < -0.3 is 20.1 Å². The molecule has 0 aliphatic carbocycles. The van der Waals surface area contributed by atoms with Gasteiger partial charge in [-0.2, -0.15) is 0 Å². The van der Waals surface area contributed by atoms with Crippen molar-refractivity contribution in [3.05, 3.63) is 34.4 Å². The lowest BCUT2D eigenvalue weighted by atomic mass is 9.80. The molecule has 1 aliphatic heterocycles. The number of methoxy groups -OCH3 is 1. The average Bonchev–Trinajstić information content (AvgIpc) is 2.65. The van der Waals surface area contributed by atoms with Crippen LogP contribution in [0.4, 0.5) is 11.4 Å². The van der Waals surface area contributed by atoms with Gasteiger partial charge in [-0.15, -0.1) is 0 Å². The predicted molar refractivity (Wildman–Crippen MR) is 98.6 cm³/mol. The highest BCUT2D eigenvalue weighted by atomic mass is 16.6. The molecule has 0 aromatic heterocycles. The van der Waals surface area contributed by atoms with E-state index in [1.807, 2.05) is 0 Å². The minimum Gasteiger partial charge on any atom is -0.481 e. The fourth-order valence-electron chi connectivity index (χ4n) is 3.31. The number of rotatable bonds is 9. The fourth-order valence-corrected chi connectivity index (χ4v) is 3.31. The molecule has 1 aromatic rings. The molecule has 1 aliphatic rings. The summed E-state index contributed by atoms with van der Waals surface area (Å²) in [4.78, 5) is 35.9. The second-order valence-electron chi connectivity index (χ2n) is 6.77. The molecule has 0 spiro atoms. The second-order valence-corrected chi connectivity index (χ2v) is 6.77. The summed E-state index contributed by atoms with van der Waals surface area (Å²) in [5, 5.41) is 23.3. The third-order valence-corrected chi connectivity index (χ3v) is 4.78. The third kappa shape index (κ3) is 5.40. The van der Waals surface area contributed by atoms with Crippen molar-refractivity contribution in [2.75, 3.05) is 38.7 Å². The Morgan fingerprint density at radius 2 is 2.07 bits per heavy atom. The summed E-state index contributed by atoms with van der Waals surface area (Å²) >= 11 is 0. The van der Waals surface area contributed by atoms with Crippen molar-refractivity contribution >= 4 is 23.3 Å². The van der Waals surface area contributed by atoms with Crippen LogP contribution in [0.5, 0.6) is 0 Å². The van der Waals surface area contributed by atoms with E-state index in [1.54, 1.807) is 17.0 Å². The molecule has 1 unspecified atom stereocenters. The minimum absolute atomic E-state index is 0.0267. The number of carbonyl (C=O) groups excluding carboxylic acids is 1. The Morgan fingerprint density at radius 3 is 2.67 bits per heavy atom. The molecule has 1 aromatic carbocycles. The molecule has 9 heteroatoms. The maximum absolute atomic E-state index is 12.4. The molecule has 0 radical (unpaired) electrons. The van der Waals surface area contributed by atoms with Crippen molar-refractivity contribution < 1.29 is 24.4 Å². The van der Waals surface area contributed by atoms with Gasteiger partial charge in [-0.05, 0) is 31.4 Å². The number of piperidine rings is 1. The zero-order valence-electron chi connectivity index (χ0n) is 15.3. The number of carboxylic acids is 1. The predicted octanol–water partition coefficient (Wildman–Crippen LogP) is 2.13. The van der Waals surface area contributed by atoms with Gasteiger partial charge in [-0.3, -0.25) is 19.7 Å². The second kappa shape index (κ2) is 9.31. The van der Waals surface area contributed by atoms with Crippen LogP contribution in [0.3, 0.4) is 0 Å². The highest BCUT2D eigenvalue weighted by Gasteiger charge is 2.43. The maximum atomic E-state index is 12.4. The van der Waals surface area contributed by atoms with Gasteiger partial charge in [-0.25, -0.2) is 0 Å². The number of anilines is 1. The molecule has 9 nitrogen and oxygen atoms in total. The first kappa shape index (κ1) is 20.6. The van der Waals surface area contributed by atoms with Crippen molar-refractivity contribution in [1.29, 1.82) is 0 Å². The number of amides is 1. The molecule has 1 atom stereocenters. The third-order valence-electron chi connectivity index (χ3n) is 4.78. The number of likely N-dealkylation sites (tertiary alicyclic amines) is 1. The van der Waals surface area contributed by atoms with Crippen molar-refractivity contribution in [2.24, 2.45) is 5.41 Å². The van der Waals surface area contributed by atoms with Crippen LogP contribution in [0.25, 0.3) is 0 Å². The summed E-state index contributed by atoms with van der Waals surface area (Å²) in [5.41, 5.74) is -0.255. The average molecular weight is 379 g/mol. The summed E-state index contributed by atoms with van der Waals surface area (Å²) in [7, 11) is 1.47. The summed E-state index contributed by atoms with van der Waals surface area (Å²) in [6, 6.07) is 6.08. The fraction of sp³-hybridized carbons (Fsp3) is 0.556. The molecule has 27 heavy (non-hydrogen) atoms. The standard InChI is InChI=1S/C18H25N3O6/c1-27-13-18(17(23)24)9-3-11-20(12-18)16(22)4-2-10-19-14-5-7-15(8-6-14)21(25)26/h5-8,19H,2-4,9-13H2,1H3,(H,23,24). The Balaban J connectivity index is 1.79. The molecular weight excluding hydrogens is 354 g/mol. The van der Waals surface area contributed by atoms with Crippen LogP contribution in [0.2, 0.25) is 0 Å². The van der Waals surface area contributed by atoms with Crippen LogP contribution in [0.1, 0.15) is 25.7 Å². The van der Waals surface area contributed by atoms with E-state index >= 15 is 0 Å². The SMILES string of the molecule is COCC1(C(=O)O)CCCN(C(=O)CCCNc2ccc([N+](=O)[O-])cc2)C1. The summed E-state index contributed by atoms with van der Waals surface area (Å²) in [5.74, 6) is -0.997. The largest absolute Gasteiger partial charge is 0.481 e. The summed E-state index contributed by atoms with van der Waals surface area (Å²) in [6.07, 6.45) is 2.03. The van der Waals surface area contributed by atoms with Crippen molar-refractivity contribution in [2.45, 2.75) is 25.7 Å². The van der Waals surface area contributed by atoms with Crippen molar-refractivity contribution in [1.82, 2.24) is 4.90 Å². The topological polar surface area (TPSA) is 122 Å². The number of hydrogen-bond donors (Lipinski definition) is 2. The molecule has 148 valence electrons. The normalized spacial score (nSPS) is 19.5. The van der Waals surface area contributed by atoms with Gasteiger partial charge in [0.25, 0.3) is 5.69 Å². The number of carboxylic acid groups (broad SMARTS) is 1. The van der Waals surface area contributed by atoms with Gasteiger partial charge in [-0.1, -0.05) is 0 Å². The van der Waals surface area contributed by atoms with Crippen molar-refractivity contribution in [3.63, 3.8) is 0 Å². The van der Waals surface area contributed by atoms with E-state index in [4.69, 9.17) is 4.74 Å². The molecule has 1 saturated heterocycles. The van der Waals surface area contributed by atoms with E-state index in [-0.39, 0.29) is 24.7 Å². The number of benzene rings is 1. The Morgan fingerprint density at radius 1 is 1.37 bits per heavy atom. The lowest BCUT2D eigenvalue weighted by Gasteiger charge is -2.39. The Kier molecular flexibility index (Phi) is 7.12. The Bertz CT molecular complexity index is 674. The van der Waals surface area contributed by atoms with Gasteiger partial charge >= 0.3 is 5.97 Å². The first-order valence-electron chi connectivity index (χ1n) is 8.86. The van der Waals surface area contributed by atoms with Gasteiger partial charge in [0, 0.05) is 51.0 Å². The van der Waals surface area contributed by atoms with Gasteiger partial charge in [0.1, 0.15) is 5.41 Å². The number of hydrogen-bond acceptors (Lipinski definition) is 6. The number of nitro benzene ring substituents is 1. The molecular formula is C18H25N3O6. The Labute approximate surface area is 157 Å². The van der Waals surface area contributed by atoms with Gasteiger partial charge in [0.05, 0.1) is 11.5 Å². The first-order chi connectivity index (χ1) is 12.9. The zero-order chi connectivity index (χ0) is 19.9. The molecule has 2 rings (SSSR count). The van der Waals surface area contributed by atoms with Crippen LogP contribution in [-0.4, -0.2) is 60.2 Å². The van der Waals surface area contributed by atoms with E-state index in [0.29, 0.717) is 38.8 Å². The minimum atomic E-state index is -1.03. The molecule has 1 fully saturated rings. The van der Waals surface area contributed by atoms with Gasteiger partial charge in [0.15, 0.2) is 0 Å². The number of carbonyl (C=O) groups is 2. The van der Waals surface area contributed by atoms with Crippen LogP contribution in [0.15, 0.2) is 24.3 Å². The number of aliphatic carboxylic acids is 1. The van der Waals surface area contributed by atoms with Crippen LogP contribution in [0, 0.1) is 15.5 Å². The molecule has 1 heterocycles. The maximum Gasteiger partial charge on any atom is 0.313 e. The number of ether oxygens (including phenoxy) is 1. The number of nitrogens with one attached hydrogen (secondary N) is 1. The summed E-state index contributed by atoms with van der Waals surface area (Å²) in [6.45, 7) is 1.37. The quantitative estimate of drug-likeness (QED) is 0.383. The number of nitro groups is 1. The van der Waals surface area contributed by atoms with E-state index in [1.165, 1.54) is 19.2 Å². The van der Waals surface area contributed by atoms with E-state index < -0.39 is 16.3 Å². The lowest BCUT2D eigenvalue weighted by Crippen LogP contribution is -2.52. The highest BCUT2D eigenvalue weighted by molar-refractivity contribution is 5.80. The van der Waals surface area contributed by atoms with E-state index in [0.717, 1.165) is 5.69 Å². The first-order valence-corrected chi connectivity index (χ1v) is 8.86. The lowest BCUT2D eigenvalue weighted by molar-refractivity contribution is -0.384. The van der Waals surface area contributed by atoms with Crippen LogP contribution < -0.4 is 5.32 Å². The number of nitrogens with zero attached hydrogens (tertiary/aromatic N) is 2. The van der Waals surface area contributed by atoms with Crippen molar-refractivity contribution in [3.8, 4) is 0 Å². The molecule has 0 saturated carbocycles. The van der Waals surface area contributed by atoms with Crippen LogP contribution in [-0.2, 0) is 14.3 Å². The molecule has 0 bridgehead atoms.